The SMILES string of the molecule is Cc1cccc(CC(=O)C(=O)N2CCC(c3ccnc4ccc(F)cc34)CC2)c1. The Balaban J connectivity index is 1.42. The average Bonchev–Trinajstić information content (AvgIpc) is 2.73. The molecule has 0 spiro atoms. The summed E-state index contributed by atoms with van der Waals surface area (Å²) in [6.45, 7) is 3.03. The van der Waals surface area contributed by atoms with Gasteiger partial charge < -0.3 is 4.90 Å². The molecule has 3 aromatic rings. The van der Waals surface area contributed by atoms with Crippen LogP contribution in [0.25, 0.3) is 10.9 Å². The van der Waals surface area contributed by atoms with Gasteiger partial charge in [0.1, 0.15) is 5.82 Å². The lowest BCUT2D eigenvalue weighted by Gasteiger charge is -2.32. The zero-order valence-electron chi connectivity index (χ0n) is 16.4. The number of Topliss-reactive ketones (excluding diaryl/α,β-unsaturated/α-hetero) is 1. The van der Waals surface area contributed by atoms with E-state index in [4.69, 9.17) is 0 Å². The van der Waals surface area contributed by atoms with Crippen molar-refractivity contribution in [2.45, 2.75) is 32.1 Å². The van der Waals surface area contributed by atoms with Crippen molar-refractivity contribution in [1.82, 2.24) is 9.88 Å². The Hall–Kier alpha value is -3.08. The number of rotatable bonds is 4. The van der Waals surface area contributed by atoms with Crippen LogP contribution in [0.3, 0.4) is 0 Å². The topological polar surface area (TPSA) is 50.3 Å². The van der Waals surface area contributed by atoms with Crippen molar-refractivity contribution < 1.29 is 14.0 Å². The van der Waals surface area contributed by atoms with E-state index in [9.17, 15) is 14.0 Å². The summed E-state index contributed by atoms with van der Waals surface area (Å²) in [6.07, 6.45) is 3.38. The normalized spacial score (nSPS) is 14.9. The number of hydrogen-bond acceptors (Lipinski definition) is 3. The third-order valence-corrected chi connectivity index (χ3v) is 5.65. The second-order valence-corrected chi connectivity index (χ2v) is 7.72. The third kappa shape index (κ3) is 4.19. The van der Waals surface area contributed by atoms with Crippen LogP contribution in [0, 0.1) is 12.7 Å². The molecular formula is C24H23FN2O2. The number of fused-ring (bicyclic) bond motifs is 1. The summed E-state index contributed by atoms with van der Waals surface area (Å²) in [6, 6.07) is 14.2. The van der Waals surface area contributed by atoms with Gasteiger partial charge >= 0.3 is 0 Å². The Labute approximate surface area is 169 Å². The number of aryl methyl sites for hydroxylation is 1. The molecule has 0 saturated carbocycles. The molecule has 1 aromatic heterocycles. The van der Waals surface area contributed by atoms with E-state index in [0.717, 1.165) is 40.4 Å². The molecule has 1 saturated heterocycles. The van der Waals surface area contributed by atoms with Crippen LogP contribution < -0.4 is 0 Å². The number of benzene rings is 2. The number of amides is 1. The summed E-state index contributed by atoms with van der Waals surface area (Å²) >= 11 is 0. The van der Waals surface area contributed by atoms with Gasteiger partial charge in [0.25, 0.3) is 5.91 Å². The van der Waals surface area contributed by atoms with Crippen LogP contribution in [0.4, 0.5) is 4.39 Å². The first kappa shape index (κ1) is 19.2. The van der Waals surface area contributed by atoms with E-state index in [1.165, 1.54) is 12.1 Å². The minimum atomic E-state index is -0.407. The number of nitrogens with zero attached hydrogens (tertiary/aromatic N) is 2. The van der Waals surface area contributed by atoms with Crippen molar-refractivity contribution >= 4 is 22.6 Å². The lowest BCUT2D eigenvalue weighted by Crippen LogP contribution is -2.42. The summed E-state index contributed by atoms with van der Waals surface area (Å²) in [7, 11) is 0. The molecule has 1 aliphatic heterocycles. The smallest absolute Gasteiger partial charge is 0.290 e. The molecule has 29 heavy (non-hydrogen) atoms. The van der Waals surface area contributed by atoms with Gasteiger partial charge in [0.15, 0.2) is 0 Å². The van der Waals surface area contributed by atoms with Gasteiger partial charge in [-0.25, -0.2) is 4.39 Å². The molecule has 0 N–H and O–H groups in total. The predicted octanol–water partition coefficient (Wildman–Crippen LogP) is 4.20. The maximum absolute atomic E-state index is 13.7. The summed E-state index contributed by atoms with van der Waals surface area (Å²) in [5, 5.41) is 0.827. The first-order chi connectivity index (χ1) is 14.0. The molecule has 148 valence electrons. The highest BCUT2D eigenvalue weighted by Gasteiger charge is 2.28. The highest BCUT2D eigenvalue weighted by atomic mass is 19.1. The van der Waals surface area contributed by atoms with Crippen LogP contribution in [0.5, 0.6) is 0 Å². The van der Waals surface area contributed by atoms with Crippen LogP contribution >= 0.6 is 0 Å². The van der Waals surface area contributed by atoms with Crippen LogP contribution in [0.15, 0.2) is 54.7 Å². The van der Waals surface area contributed by atoms with E-state index in [-0.39, 0.29) is 23.9 Å². The maximum Gasteiger partial charge on any atom is 0.290 e. The van der Waals surface area contributed by atoms with E-state index < -0.39 is 5.91 Å². The lowest BCUT2D eigenvalue weighted by molar-refractivity contribution is -0.145. The molecule has 0 aliphatic carbocycles. The zero-order chi connectivity index (χ0) is 20.4. The van der Waals surface area contributed by atoms with E-state index in [1.807, 2.05) is 37.3 Å². The fraction of sp³-hybridized carbons (Fsp3) is 0.292. The number of carbonyl (C=O) groups is 2. The van der Waals surface area contributed by atoms with Crippen LogP contribution in [0.1, 0.15) is 35.4 Å². The highest BCUT2D eigenvalue weighted by Crippen LogP contribution is 2.32. The van der Waals surface area contributed by atoms with Crippen molar-refractivity contribution in [3.8, 4) is 0 Å². The quantitative estimate of drug-likeness (QED) is 0.628. The van der Waals surface area contributed by atoms with Crippen LogP contribution in [-0.4, -0.2) is 34.7 Å². The molecule has 2 heterocycles. The Morgan fingerprint density at radius 1 is 1.10 bits per heavy atom. The van der Waals surface area contributed by atoms with Gasteiger partial charge in [0.2, 0.25) is 5.78 Å². The Morgan fingerprint density at radius 3 is 2.66 bits per heavy atom. The van der Waals surface area contributed by atoms with E-state index in [1.54, 1.807) is 17.2 Å². The molecule has 4 nitrogen and oxygen atoms in total. The number of pyridine rings is 1. The molecule has 1 aliphatic rings. The van der Waals surface area contributed by atoms with Crippen LogP contribution in [-0.2, 0) is 16.0 Å². The first-order valence-electron chi connectivity index (χ1n) is 9.93. The van der Waals surface area contributed by atoms with Gasteiger partial charge in [-0.1, -0.05) is 29.8 Å². The first-order valence-corrected chi connectivity index (χ1v) is 9.93. The van der Waals surface area contributed by atoms with Gasteiger partial charge in [-0.2, -0.15) is 0 Å². The van der Waals surface area contributed by atoms with E-state index >= 15 is 0 Å². The number of aromatic nitrogens is 1. The molecule has 4 rings (SSSR count). The number of ketones is 1. The second kappa shape index (κ2) is 8.11. The number of likely N-dealkylation sites (tertiary alicyclic amines) is 1. The zero-order valence-corrected chi connectivity index (χ0v) is 16.4. The monoisotopic (exact) mass is 390 g/mol. The fourth-order valence-electron chi connectivity index (χ4n) is 4.15. The molecule has 1 fully saturated rings. The standard InChI is InChI=1S/C24H23FN2O2/c1-16-3-2-4-17(13-16)14-23(28)24(29)27-11-8-18(9-12-27)20-7-10-26-22-6-5-19(25)15-21(20)22/h2-7,10,13,15,18H,8-9,11-12,14H2,1H3. The van der Waals surface area contributed by atoms with E-state index in [2.05, 4.69) is 4.98 Å². The molecule has 1 amide bonds. The third-order valence-electron chi connectivity index (χ3n) is 5.65. The Kier molecular flexibility index (Phi) is 5.38. The van der Waals surface area contributed by atoms with Gasteiger partial charge in [-0.3, -0.25) is 14.6 Å². The minimum Gasteiger partial charge on any atom is -0.336 e. The molecule has 0 bridgehead atoms. The Morgan fingerprint density at radius 2 is 1.90 bits per heavy atom. The average molecular weight is 390 g/mol. The van der Waals surface area contributed by atoms with Crippen molar-refractivity contribution in [3.63, 3.8) is 0 Å². The summed E-state index contributed by atoms with van der Waals surface area (Å²) < 4.78 is 13.7. The molecule has 5 heteroatoms. The maximum atomic E-state index is 13.7. The minimum absolute atomic E-state index is 0.134. The van der Waals surface area contributed by atoms with Gasteiger partial charge in [-0.15, -0.1) is 0 Å². The summed E-state index contributed by atoms with van der Waals surface area (Å²) in [5.41, 5.74) is 3.77. The molecule has 0 radical (unpaired) electrons. The number of hydrogen-bond donors (Lipinski definition) is 0. The summed E-state index contributed by atoms with van der Waals surface area (Å²) in [4.78, 5) is 31.0. The molecule has 0 unspecified atom stereocenters. The van der Waals surface area contributed by atoms with E-state index in [0.29, 0.717) is 13.1 Å². The predicted molar refractivity (Wildman–Crippen MR) is 110 cm³/mol. The number of piperidine rings is 1. The molecule has 0 atom stereocenters. The molecule has 2 aromatic carbocycles. The number of carbonyl (C=O) groups excluding carboxylic acids is 2. The lowest BCUT2D eigenvalue weighted by atomic mass is 9.87. The highest BCUT2D eigenvalue weighted by molar-refractivity contribution is 6.36. The van der Waals surface area contributed by atoms with Gasteiger partial charge in [0, 0.05) is 31.1 Å². The van der Waals surface area contributed by atoms with Gasteiger partial charge in [-0.05, 0) is 61.1 Å². The largest absolute Gasteiger partial charge is 0.336 e. The Bertz CT molecular complexity index is 1070. The fourth-order valence-corrected chi connectivity index (χ4v) is 4.15. The van der Waals surface area contributed by atoms with Crippen molar-refractivity contribution in [1.29, 1.82) is 0 Å². The van der Waals surface area contributed by atoms with Crippen molar-refractivity contribution in [2.75, 3.05) is 13.1 Å². The van der Waals surface area contributed by atoms with Gasteiger partial charge in [0.05, 0.1) is 5.52 Å². The van der Waals surface area contributed by atoms with Crippen LogP contribution in [0.2, 0.25) is 0 Å². The number of halogens is 1. The molecular weight excluding hydrogens is 367 g/mol. The summed E-state index contributed by atoms with van der Waals surface area (Å²) in [5.74, 6) is -0.833. The van der Waals surface area contributed by atoms with Crippen molar-refractivity contribution in [3.05, 3.63) is 77.2 Å². The second-order valence-electron chi connectivity index (χ2n) is 7.72. The van der Waals surface area contributed by atoms with Crippen molar-refractivity contribution in [2.24, 2.45) is 0 Å².